The molecule has 0 saturated carbocycles. The van der Waals surface area contributed by atoms with E-state index in [9.17, 15) is 8.78 Å². The van der Waals surface area contributed by atoms with Gasteiger partial charge in [0.25, 0.3) is 6.43 Å². The van der Waals surface area contributed by atoms with Crippen LogP contribution in [-0.4, -0.2) is 19.6 Å². The van der Waals surface area contributed by atoms with Crippen LogP contribution in [0.4, 0.5) is 8.78 Å². The van der Waals surface area contributed by atoms with Crippen molar-refractivity contribution in [2.24, 2.45) is 5.73 Å². The zero-order valence-corrected chi connectivity index (χ0v) is 7.95. The van der Waals surface area contributed by atoms with Crippen molar-refractivity contribution in [2.45, 2.75) is 12.5 Å². The molecule has 1 aromatic rings. The fraction of sp³-hybridized carbons (Fsp3) is 0.400. The molecule has 0 aliphatic carbocycles. The molecule has 0 radical (unpaired) electrons. The summed E-state index contributed by atoms with van der Waals surface area (Å²) >= 11 is 0. The SMILES string of the molecule is N[C@@H](c1ccc2c(c1)OCCO2)C(F)F. The smallest absolute Gasteiger partial charge is 0.257 e. The third kappa shape index (κ3) is 2.02. The van der Waals surface area contributed by atoms with Gasteiger partial charge in [-0.15, -0.1) is 0 Å². The minimum Gasteiger partial charge on any atom is -0.486 e. The van der Waals surface area contributed by atoms with E-state index in [-0.39, 0.29) is 0 Å². The number of rotatable bonds is 2. The highest BCUT2D eigenvalue weighted by Crippen LogP contribution is 2.33. The molecule has 15 heavy (non-hydrogen) atoms. The first-order valence-corrected chi connectivity index (χ1v) is 4.62. The number of fused-ring (bicyclic) bond motifs is 1. The summed E-state index contributed by atoms with van der Waals surface area (Å²) in [4.78, 5) is 0. The summed E-state index contributed by atoms with van der Waals surface area (Å²) in [6.45, 7) is 0.910. The monoisotopic (exact) mass is 215 g/mol. The third-order valence-corrected chi connectivity index (χ3v) is 2.22. The van der Waals surface area contributed by atoms with Gasteiger partial charge in [-0.25, -0.2) is 8.78 Å². The molecule has 2 rings (SSSR count). The predicted molar refractivity (Wildman–Crippen MR) is 50.4 cm³/mol. The Bertz CT molecular complexity index is 357. The molecule has 3 nitrogen and oxygen atoms in total. The lowest BCUT2D eigenvalue weighted by Crippen LogP contribution is -2.20. The largest absolute Gasteiger partial charge is 0.486 e. The maximum Gasteiger partial charge on any atom is 0.257 e. The number of nitrogens with two attached hydrogens (primary N) is 1. The molecule has 0 saturated heterocycles. The molecule has 0 aromatic heterocycles. The van der Waals surface area contributed by atoms with Gasteiger partial charge in [0, 0.05) is 0 Å². The predicted octanol–water partition coefficient (Wildman–Crippen LogP) is 1.72. The van der Waals surface area contributed by atoms with Crippen LogP contribution in [-0.2, 0) is 0 Å². The van der Waals surface area contributed by atoms with E-state index >= 15 is 0 Å². The van der Waals surface area contributed by atoms with Crippen molar-refractivity contribution < 1.29 is 18.3 Å². The van der Waals surface area contributed by atoms with Crippen LogP contribution in [0.25, 0.3) is 0 Å². The van der Waals surface area contributed by atoms with E-state index in [1.54, 1.807) is 6.07 Å². The molecule has 0 fully saturated rings. The summed E-state index contributed by atoms with van der Waals surface area (Å²) in [5, 5.41) is 0. The van der Waals surface area contributed by atoms with E-state index in [0.717, 1.165) is 0 Å². The van der Waals surface area contributed by atoms with Gasteiger partial charge >= 0.3 is 0 Å². The summed E-state index contributed by atoms with van der Waals surface area (Å²) in [5.74, 6) is 1.06. The molecular formula is C10H11F2NO2. The van der Waals surface area contributed by atoms with Crippen LogP contribution in [0.15, 0.2) is 18.2 Å². The molecule has 0 bridgehead atoms. The molecule has 1 aromatic carbocycles. The van der Waals surface area contributed by atoms with E-state index in [2.05, 4.69) is 0 Å². The van der Waals surface area contributed by atoms with E-state index in [4.69, 9.17) is 15.2 Å². The highest BCUT2D eigenvalue weighted by molar-refractivity contribution is 5.44. The van der Waals surface area contributed by atoms with Gasteiger partial charge in [0.15, 0.2) is 11.5 Å². The van der Waals surface area contributed by atoms with Crippen LogP contribution in [0.5, 0.6) is 11.5 Å². The number of benzene rings is 1. The lowest BCUT2D eigenvalue weighted by Gasteiger charge is -2.20. The van der Waals surface area contributed by atoms with Gasteiger partial charge in [0.2, 0.25) is 0 Å². The molecule has 5 heteroatoms. The number of alkyl halides is 2. The molecule has 0 amide bonds. The van der Waals surface area contributed by atoms with E-state index in [1.165, 1.54) is 12.1 Å². The highest BCUT2D eigenvalue weighted by Gasteiger charge is 2.20. The second kappa shape index (κ2) is 4.02. The fourth-order valence-corrected chi connectivity index (χ4v) is 1.41. The minimum absolute atomic E-state index is 0.356. The average molecular weight is 215 g/mol. The molecule has 1 heterocycles. The molecule has 82 valence electrons. The lowest BCUT2D eigenvalue weighted by atomic mass is 10.1. The van der Waals surface area contributed by atoms with Gasteiger partial charge in [-0.05, 0) is 17.7 Å². The van der Waals surface area contributed by atoms with E-state index in [1.807, 2.05) is 0 Å². The van der Waals surface area contributed by atoms with Crippen molar-refractivity contribution in [2.75, 3.05) is 13.2 Å². The number of halogens is 2. The summed E-state index contributed by atoms with van der Waals surface area (Å²) in [7, 11) is 0. The van der Waals surface area contributed by atoms with Crippen LogP contribution in [0.3, 0.4) is 0 Å². The van der Waals surface area contributed by atoms with Crippen LogP contribution in [0, 0.1) is 0 Å². The second-order valence-corrected chi connectivity index (χ2v) is 3.26. The summed E-state index contributed by atoms with van der Waals surface area (Å²) in [5.41, 5.74) is 5.68. The Labute approximate surface area is 85.8 Å². The maximum atomic E-state index is 12.3. The summed E-state index contributed by atoms with van der Waals surface area (Å²) < 4.78 is 35.2. The van der Waals surface area contributed by atoms with E-state index in [0.29, 0.717) is 30.3 Å². The molecule has 1 atom stereocenters. The van der Waals surface area contributed by atoms with Crippen LogP contribution in [0.1, 0.15) is 11.6 Å². The van der Waals surface area contributed by atoms with Gasteiger partial charge < -0.3 is 15.2 Å². The van der Waals surface area contributed by atoms with E-state index < -0.39 is 12.5 Å². The zero-order chi connectivity index (χ0) is 10.8. The topological polar surface area (TPSA) is 44.5 Å². The molecule has 0 spiro atoms. The van der Waals surface area contributed by atoms with Gasteiger partial charge in [-0.2, -0.15) is 0 Å². The minimum atomic E-state index is -2.58. The highest BCUT2D eigenvalue weighted by atomic mass is 19.3. The molecule has 2 N–H and O–H groups in total. The number of hydrogen-bond acceptors (Lipinski definition) is 3. The van der Waals surface area contributed by atoms with Gasteiger partial charge in [-0.1, -0.05) is 6.07 Å². The summed E-state index contributed by atoms with van der Waals surface area (Å²) in [6.07, 6.45) is -2.58. The second-order valence-electron chi connectivity index (χ2n) is 3.26. The zero-order valence-electron chi connectivity index (χ0n) is 7.95. The van der Waals surface area contributed by atoms with Crippen molar-refractivity contribution in [3.8, 4) is 11.5 Å². The standard InChI is InChI=1S/C10H11F2NO2/c11-10(12)9(13)6-1-2-7-8(5-6)15-4-3-14-7/h1-2,5,9-10H,3-4,13H2/t9-/m0/s1. The Morgan fingerprint density at radius 3 is 2.47 bits per heavy atom. The van der Waals surface area contributed by atoms with Gasteiger partial charge in [-0.3, -0.25) is 0 Å². The normalized spacial score (nSPS) is 16.5. The molecule has 0 unspecified atom stereocenters. The lowest BCUT2D eigenvalue weighted by molar-refractivity contribution is 0.116. The summed E-state index contributed by atoms with van der Waals surface area (Å²) in [6, 6.07) is 3.36. The van der Waals surface area contributed by atoms with Crippen LogP contribution >= 0.6 is 0 Å². The Kier molecular flexibility index (Phi) is 2.73. The third-order valence-electron chi connectivity index (χ3n) is 2.22. The molecule has 1 aliphatic rings. The van der Waals surface area contributed by atoms with Crippen LogP contribution in [0.2, 0.25) is 0 Å². The first-order chi connectivity index (χ1) is 7.18. The van der Waals surface area contributed by atoms with Crippen LogP contribution < -0.4 is 15.2 Å². The maximum absolute atomic E-state index is 12.3. The van der Waals surface area contributed by atoms with Gasteiger partial charge in [0.1, 0.15) is 13.2 Å². The average Bonchev–Trinajstić information content (AvgIpc) is 2.27. The first kappa shape index (κ1) is 10.2. The molecular weight excluding hydrogens is 204 g/mol. The quantitative estimate of drug-likeness (QED) is 0.817. The number of hydrogen-bond donors (Lipinski definition) is 1. The van der Waals surface area contributed by atoms with Crippen molar-refractivity contribution in [1.29, 1.82) is 0 Å². The Hall–Kier alpha value is -1.36. The first-order valence-electron chi connectivity index (χ1n) is 4.62. The van der Waals surface area contributed by atoms with Crippen molar-refractivity contribution in [3.05, 3.63) is 23.8 Å². The Balaban J connectivity index is 2.27. The fourth-order valence-electron chi connectivity index (χ4n) is 1.41. The van der Waals surface area contributed by atoms with Crippen molar-refractivity contribution >= 4 is 0 Å². The molecule has 1 aliphatic heterocycles. The van der Waals surface area contributed by atoms with Gasteiger partial charge in [0.05, 0.1) is 6.04 Å². The van der Waals surface area contributed by atoms with Crippen molar-refractivity contribution in [1.82, 2.24) is 0 Å². The van der Waals surface area contributed by atoms with Crippen molar-refractivity contribution in [3.63, 3.8) is 0 Å². The Morgan fingerprint density at radius 1 is 1.13 bits per heavy atom. The Morgan fingerprint density at radius 2 is 1.80 bits per heavy atom. The number of ether oxygens (including phenoxy) is 2.